The molecule has 10 heteroatoms. The molecule has 7 nitrogen and oxygen atoms in total. The van der Waals surface area contributed by atoms with Crippen LogP contribution in [0.4, 0.5) is 15.9 Å². The molecule has 0 saturated heterocycles. The van der Waals surface area contributed by atoms with Crippen LogP contribution in [0.5, 0.6) is 0 Å². The van der Waals surface area contributed by atoms with E-state index in [0.29, 0.717) is 17.1 Å². The first-order chi connectivity index (χ1) is 16.3. The number of benzene rings is 2. The lowest BCUT2D eigenvalue weighted by Crippen LogP contribution is -2.15. The largest absolute Gasteiger partial charge is 0.326 e. The molecule has 1 fully saturated rings. The van der Waals surface area contributed by atoms with Crippen LogP contribution < -0.4 is 10.0 Å². The number of carbonyl (C=O) groups excluding carboxylic acids is 1. The van der Waals surface area contributed by atoms with E-state index in [9.17, 15) is 17.6 Å². The molecule has 2 aromatic carbocycles. The molecule has 2 heterocycles. The molecule has 4 aromatic rings. The highest BCUT2D eigenvalue weighted by atomic mass is 35.5. The minimum Gasteiger partial charge on any atom is -0.326 e. The number of sulfonamides is 1. The maximum atomic E-state index is 13.0. The van der Waals surface area contributed by atoms with E-state index < -0.39 is 15.8 Å². The van der Waals surface area contributed by atoms with Crippen LogP contribution in [0.15, 0.2) is 78.1 Å². The van der Waals surface area contributed by atoms with Gasteiger partial charge in [0.25, 0.3) is 10.0 Å². The number of pyridine rings is 2. The molecular formula is C24H18ClFN4O3S. The average molecular weight is 497 g/mol. The second-order valence-corrected chi connectivity index (χ2v) is 10.1. The molecule has 2 atom stereocenters. The number of aromatic nitrogens is 2. The lowest BCUT2D eigenvalue weighted by Gasteiger charge is -2.09. The summed E-state index contributed by atoms with van der Waals surface area (Å²) in [6, 6.07) is 14.2. The van der Waals surface area contributed by atoms with E-state index in [1.807, 2.05) is 12.1 Å². The molecule has 34 heavy (non-hydrogen) atoms. The normalized spacial score (nSPS) is 17.4. The van der Waals surface area contributed by atoms with Gasteiger partial charge in [0.15, 0.2) is 0 Å². The van der Waals surface area contributed by atoms with Crippen molar-refractivity contribution in [3.63, 3.8) is 0 Å². The molecule has 2 N–H and O–H groups in total. The van der Waals surface area contributed by atoms with Crippen molar-refractivity contribution in [3.8, 4) is 0 Å². The van der Waals surface area contributed by atoms with Crippen LogP contribution in [0.3, 0.4) is 0 Å². The quantitative estimate of drug-likeness (QED) is 0.392. The maximum absolute atomic E-state index is 13.0. The Balaban J connectivity index is 1.24. The number of hydrogen-bond acceptors (Lipinski definition) is 5. The van der Waals surface area contributed by atoms with Crippen molar-refractivity contribution in [1.82, 2.24) is 9.97 Å². The number of rotatable bonds is 6. The summed E-state index contributed by atoms with van der Waals surface area (Å²) in [4.78, 5) is 20.5. The Morgan fingerprint density at radius 2 is 1.82 bits per heavy atom. The number of fused-ring (bicyclic) bond motifs is 1. The van der Waals surface area contributed by atoms with E-state index in [2.05, 4.69) is 20.0 Å². The van der Waals surface area contributed by atoms with Gasteiger partial charge in [0.2, 0.25) is 5.91 Å². The van der Waals surface area contributed by atoms with Crippen LogP contribution in [0, 0.1) is 11.7 Å². The van der Waals surface area contributed by atoms with Crippen LogP contribution >= 0.6 is 11.6 Å². The first-order valence-electron chi connectivity index (χ1n) is 10.4. The van der Waals surface area contributed by atoms with E-state index in [1.165, 1.54) is 18.2 Å². The van der Waals surface area contributed by atoms with Gasteiger partial charge in [-0.2, -0.15) is 0 Å². The summed E-state index contributed by atoms with van der Waals surface area (Å²) in [5.41, 5.74) is 1.53. The van der Waals surface area contributed by atoms with Gasteiger partial charge in [-0.25, -0.2) is 17.8 Å². The molecule has 0 aliphatic heterocycles. The standard InChI is InChI=1S/C24H18ClFN4O3S/c25-22-13-27-11-15-1-5-17(9-20(15)22)29-24(31)21-10-19(21)14-2-6-18(7-3-14)34(32,33)30-23-8-4-16(26)12-28-23/h1-9,11-13,19,21H,10H2,(H,28,30)(H,29,31)/t19-,21+/m0/s1. The van der Waals surface area contributed by atoms with Crippen LogP contribution in [0.1, 0.15) is 17.9 Å². The monoisotopic (exact) mass is 496 g/mol. The van der Waals surface area contributed by atoms with Crippen molar-refractivity contribution in [2.45, 2.75) is 17.2 Å². The zero-order valence-electron chi connectivity index (χ0n) is 17.6. The molecule has 172 valence electrons. The molecule has 1 aliphatic rings. The van der Waals surface area contributed by atoms with Crippen molar-refractivity contribution in [2.75, 3.05) is 10.0 Å². The van der Waals surface area contributed by atoms with Crippen LogP contribution in [-0.4, -0.2) is 24.3 Å². The van der Waals surface area contributed by atoms with E-state index in [4.69, 9.17) is 11.6 Å². The summed E-state index contributed by atoms with van der Waals surface area (Å²) >= 11 is 6.20. The maximum Gasteiger partial charge on any atom is 0.263 e. The van der Waals surface area contributed by atoms with Crippen molar-refractivity contribution in [3.05, 3.63) is 89.6 Å². The van der Waals surface area contributed by atoms with Crippen molar-refractivity contribution >= 4 is 49.8 Å². The Morgan fingerprint density at radius 1 is 1.03 bits per heavy atom. The van der Waals surface area contributed by atoms with E-state index in [-0.39, 0.29) is 28.5 Å². The first-order valence-corrected chi connectivity index (χ1v) is 12.2. The number of hydrogen-bond donors (Lipinski definition) is 2. The zero-order chi connectivity index (χ0) is 23.9. The molecule has 0 unspecified atom stereocenters. The minimum atomic E-state index is -3.87. The zero-order valence-corrected chi connectivity index (χ0v) is 19.1. The van der Waals surface area contributed by atoms with Gasteiger partial charge in [0.1, 0.15) is 11.6 Å². The highest BCUT2D eigenvalue weighted by Crippen LogP contribution is 2.48. The third-order valence-electron chi connectivity index (χ3n) is 5.69. The Morgan fingerprint density at radius 3 is 2.56 bits per heavy atom. The van der Waals surface area contributed by atoms with Crippen molar-refractivity contribution in [1.29, 1.82) is 0 Å². The highest BCUT2D eigenvalue weighted by molar-refractivity contribution is 7.92. The summed E-state index contributed by atoms with van der Waals surface area (Å²) in [6.45, 7) is 0. The number of carbonyl (C=O) groups is 1. The lowest BCUT2D eigenvalue weighted by atomic mass is 10.1. The molecule has 1 aliphatic carbocycles. The van der Waals surface area contributed by atoms with Crippen LogP contribution in [0.2, 0.25) is 5.02 Å². The molecule has 0 radical (unpaired) electrons. The van der Waals surface area contributed by atoms with Gasteiger partial charge in [0, 0.05) is 34.8 Å². The predicted octanol–water partition coefficient (Wildman–Crippen LogP) is 4.97. The summed E-state index contributed by atoms with van der Waals surface area (Å²) in [5.74, 6) is -0.827. The van der Waals surface area contributed by atoms with Gasteiger partial charge in [-0.3, -0.25) is 14.5 Å². The molecule has 5 rings (SSSR count). The number of nitrogens with one attached hydrogen (secondary N) is 2. The Bertz CT molecular complexity index is 1500. The summed E-state index contributed by atoms with van der Waals surface area (Å²) in [5, 5.41) is 5.14. The second kappa shape index (κ2) is 8.66. The SMILES string of the molecule is O=C(Nc1ccc2cncc(Cl)c2c1)[C@@H]1C[C@H]1c1ccc(S(=O)(=O)Nc2ccc(F)cn2)cc1. The Hall–Kier alpha value is -3.56. The topological polar surface area (TPSA) is 101 Å². The number of halogens is 2. The number of amides is 1. The third-order valence-corrected chi connectivity index (χ3v) is 7.36. The van der Waals surface area contributed by atoms with E-state index in [1.54, 1.807) is 30.6 Å². The van der Waals surface area contributed by atoms with Gasteiger partial charge in [-0.15, -0.1) is 0 Å². The summed E-state index contributed by atoms with van der Waals surface area (Å²) in [6.07, 6.45) is 4.87. The highest BCUT2D eigenvalue weighted by Gasteiger charge is 2.44. The third kappa shape index (κ3) is 4.57. The fraction of sp³-hybridized carbons (Fsp3) is 0.125. The average Bonchev–Trinajstić information content (AvgIpc) is 3.62. The Labute approximate surface area is 200 Å². The molecule has 1 saturated carbocycles. The number of nitrogens with zero attached hydrogens (tertiary/aromatic N) is 2. The van der Waals surface area contributed by atoms with Gasteiger partial charge in [-0.05, 0) is 54.3 Å². The van der Waals surface area contributed by atoms with Crippen LogP contribution in [-0.2, 0) is 14.8 Å². The Kier molecular flexibility index (Phi) is 5.66. The fourth-order valence-corrected chi connectivity index (χ4v) is 5.05. The fourth-order valence-electron chi connectivity index (χ4n) is 3.82. The molecule has 2 aromatic heterocycles. The molecular weight excluding hydrogens is 479 g/mol. The predicted molar refractivity (Wildman–Crippen MR) is 128 cm³/mol. The molecule has 0 spiro atoms. The van der Waals surface area contributed by atoms with Crippen molar-refractivity contribution < 1.29 is 17.6 Å². The van der Waals surface area contributed by atoms with Crippen LogP contribution in [0.25, 0.3) is 10.8 Å². The summed E-state index contributed by atoms with van der Waals surface area (Å²) < 4.78 is 40.4. The lowest BCUT2D eigenvalue weighted by molar-refractivity contribution is -0.117. The van der Waals surface area contributed by atoms with Gasteiger partial charge in [0.05, 0.1) is 16.1 Å². The minimum absolute atomic E-state index is 0.0109. The van der Waals surface area contributed by atoms with E-state index >= 15 is 0 Å². The summed E-state index contributed by atoms with van der Waals surface area (Å²) in [7, 11) is -3.87. The second-order valence-electron chi connectivity index (χ2n) is 8.03. The van der Waals surface area contributed by atoms with Crippen molar-refractivity contribution in [2.24, 2.45) is 5.92 Å². The van der Waals surface area contributed by atoms with Gasteiger partial charge < -0.3 is 5.32 Å². The van der Waals surface area contributed by atoms with Gasteiger partial charge >= 0.3 is 0 Å². The van der Waals surface area contributed by atoms with E-state index in [0.717, 1.165) is 28.6 Å². The smallest absolute Gasteiger partial charge is 0.263 e. The first kappa shape index (κ1) is 22.2. The molecule has 1 amide bonds. The van der Waals surface area contributed by atoms with Gasteiger partial charge in [-0.1, -0.05) is 29.8 Å². The molecule has 0 bridgehead atoms. The number of anilines is 2.